The molecule has 0 radical (unpaired) electrons. The molecule has 3 nitrogen and oxygen atoms in total. The van der Waals surface area contributed by atoms with Crippen LogP contribution in [-0.4, -0.2) is 15.6 Å². The zero-order valence-electron chi connectivity index (χ0n) is 12.6. The molecule has 0 N–H and O–H groups in total. The fraction of sp³-hybridized carbons (Fsp3) is 0.500. The Labute approximate surface area is 124 Å². The van der Waals surface area contributed by atoms with Crippen LogP contribution >= 0.6 is 11.3 Å². The van der Waals surface area contributed by atoms with E-state index in [4.69, 9.17) is 0 Å². The van der Waals surface area contributed by atoms with Crippen molar-refractivity contribution >= 4 is 17.1 Å². The summed E-state index contributed by atoms with van der Waals surface area (Å²) >= 11 is 1.63. The Morgan fingerprint density at radius 2 is 2.05 bits per heavy atom. The lowest BCUT2D eigenvalue weighted by molar-refractivity contribution is 0.0984. The molecule has 0 fully saturated rings. The summed E-state index contributed by atoms with van der Waals surface area (Å²) in [4.78, 5) is 14.3. The fourth-order valence-corrected chi connectivity index (χ4v) is 3.12. The number of aryl methyl sites for hydroxylation is 2. The first-order chi connectivity index (χ1) is 9.38. The summed E-state index contributed by atoms with van der Waals surface area (Å²) in [5.41, 5.74) is 1.30. The average molecular weight is 290 g/mol. The maximum atomic E-state index is 12.2. The minimum Gasteiger partial charge on any atom is -0.293 e. The second-order valence-electron chi connectivity index (χ2n) is 6.14. The number of ketones is 1. The van der Waals surface area contributed by atoms with Crippen molar-refractivity contribution in [2.45, 2.75) is 45.4 Å². The molecule has 2 heterocycles. The van der Waals surface area contributed by atoms with Gasteiger partial charge in [0.25, 0.3) is 0 Å². The first-order valence-electron chi connectivity index (χ1n) is 6.98. The van der Waals surface area contributed by atoms with Gasteiger partial charge in [0, 0.05) is 30.2 Å². The zero-order valence-corrected chi connectivity index (χ0v) is 13.5. The summed E-state index contributed by atoms with van der Waals surface area (Å²) in [6.07, 6.45) is 4.18. The summed E-state index contributed by atoms with van der Waals surface area (Å²) in [6.45, 7) is 6.53. The van der Waals surface area contributed by atoms with E-state index in [9.17, 15) is 4.79 Å². The molecule has 0 aliphatic heterocycles. The Morgan fingerprint density at radius 1 is 1.30 bits per heavy atom. The molecule has 0 saturated heterocycles. The maximum Gasteiger partial charge on any atom is 0.172 e. The molecule has 0 aliphatic carbocycles. The predicted octanol–water partition coefficient (Wildman–Crippen LogP) is 3.98. The topological polar surface area (TPSA) is 34.9 Å². The average Bonchev–Trinajstić information content (AvgIpc) is 2.98. The van der Waals surface area contributed by atoms with Crippen LogP contribution in [0.2, 0.25) is 0 Å². The zero-order chi connectivity index (χ0) is 14.8. The van der Waals surface area contributed by atoms with E-state index in [-0.39, 0.29) is 11.2 Å². The highest BCUT2D eigenvalue weighted by atomic mass is 32.1. The third-order valence-corrected chi connectivity index (χ3v) is 4.93. The van der Waals surface area contributed by atoms with Gasteiger partial charge in [-0.1, -0.05) is 20.8 Å². The summed E-state index contributed by atoms with van der Waals surface area (Å²) in [5, 5.41) is 4.14. The number of aromatic nitrogens is 2. The van der Waals surface area contributed by atoms with Crippen LogP contribution < -0.4 is 0 Å². The Bertz CT molecular complexity index is 590. The van der Waals surface area contributed by atoms with E-state index in [2.05, 4.69) is 31.9 Å². The summed E-state index contributed by atoms with van der Waals surface area (Å²) in [6, 6.07) is 6.06. The highest BCUT2D eigenvalue weighted by molar-refractivity contribution is 7.14. The molecule has 0 amide bonds. The van der Waals surface area contributed by atoms with Crippen molar-refractivity contribution in [2.75, 3.05) is 0 Å². The Morgan fingerprint density at radius 3 is 2.60 bits per heavy atom. The molecule has 0 atom stereocenters. The van der Waals surface area contributed by atoms with Crippen LogP contribution in [0.3, 0.4) is 0 Å². The fourth-order valence-electron chi connectivity index (χ4n) is 2.09. The van der Waals surface area contributed by atoms with Crippen LogP contribution in [0.25, 0.3) is 0 Å². The Balaban J connectivity index is 1.89. The van der Waals surface area contributed by atoms with Crippen molar-refractivity contribution < 1.29 is 4.79 Å². The third-order valence-electron chi connectivity index (χ3n) is 3.38. The van der Waals surface area contributed by atoms with Crippen LogP contribution in [0.15, 0.2) is 24.4 Å². The molecular weight excluding hydrogens is 268 g/mol. The van der Waals surface area contributed by atoms with E-state index in [1.54, 1.807) is 17.5 Å². The molecule has 0 aliphatic rings. The number of carbonyl (C=O) groups excluding carboxylic acids is 1. The van der Waals surface area contributed by atoms with Gasteiger partial charge in [0.05, 0.1) is 4.88 Å². The predicted molar refractivity (Wildman–Crippen MR) is 83.5 cm³/mol. The van der Waals surface area contributed by atoms with E-state index < -0.39 is 0 Å². The molecule has 20 heavy (non-hydrogen) atoms. The molecule has 0 aromatic carbocycles. The van der Waals surface area contributed by atoms with Crippen molar-refractivity contribution in [2.24, 2.45) is 7.05 Å². The molecule has 0 unspecified atom stereocenters. The monoisotopic (exact) mass is 290 g/mol. The van der Waals surface area contributed by atoms with Gasteiger partial charge in [0.1, 0.15) is 0 Å². The standard InChI is InChI=1S/C16H22N2OS/c1-16(2,3)15-9-8-14(20-15)13(19)7-5-6-12-10-11-17-18(12)4/h8-11H,5-7H2,1-4H3. The van der Waals surface area contributed by atoms with Crippen molar-refractivity contribution in [1.82, 2.24) is 9.78 Å². The normalized spacial score (nSPS) is 11.8. The van der Waals surface area contributed by atoms with Crippen LogP contribution in [0, 0.1) is 0 Å². The molecule has 0 spiro atoms. The van der Waals surface area contributed by atoms with E-state index >= 15 is 0 Å². The molecule has 108 valence electrons. The summed E-state index contributed by atoms with van der Waals surface area (Å²) in [5.74, 6) is 0.257. The van der Waals surface area contributed by atoms with Crippen LogP contribution in [-0.2, 0) is 18.9 Å². The lowest BCUT2D eigenvalue weighted by Crippen LogP contribution is -2.07. The van der Waals surface area contributed by atoms with Gasteiger partial charge in [-0.15, -0.1) is 11.3 Å². The molecule has 2 aromatic rings. The van der Waals surface area contributed by atoms with E-state index in [0.29, 0.717) is 6.42 Å². The Hall–Kier alpha value is -1.42. The lowest BCUT2D eigenvalue weighted by Gasteiger charge is -2.15. The molecule has 0 bridgehead atoms. The minimum atomic E-state index is 0.123. The van der Waals surface area contributed by atoms with E-state index in [1.165, 1.54) is 10.6 Å². The molecule has 2 rings (SSSR count). The molecule has 2 aromatic heterocycles. The van der Waals surface area contributed by atoms with Gasteiger partial charge < -0.3 is 0 Å². The van der Waals surface area contributed by atoms with Crippen LogP contribution in [0.5, 0.6) is 0 Å². The number of hydrogen-bond acceptors (Lipinski definition) is 3. The van der Waals surface area contributed by atoms with Gasteiger partial charge in [-0.3, -0.25) is 9.48 Å². The van der Waals surface area contributed by atoms with Gasteiger partial charge in [0.2, 0.25) is 0 Å². The molecular formula is C16H22N2OS. The largest absolute Gasteiger partial charge is 0.293 e. The lowest BCUT2D eigenvalue weighted by atomic mass is 9.95. The van der Waals surface area contributed by atoms with Crippen LogP contribution in [0.1, 0.15) is 53.9 Å². The van der Waals surface area contributed by atoms with Crippen molar-refractivity contribution in [1.29, 1.82) is 0 Å². The van der Waals surface area contributed by atoms with Gasteiger partial charge in [-0.25, -0.2) is 0 Å². The van der Waals surface area contributed by atoms with Crippen molar-refractivity contribution in [3.63, 3.8) is 0 Å². The summed E-state index contributed by atoms with van der Waals surface area (Å²) < 4.78 is 1.87. The highest BCUT2D eigenvalue weighted by Gasteiger charge is 2.18. The second kappa shape index (κ2) is 5.92. The molecule has 0 saturated carbocycles. The van der Waals surface area contributed by atoms with Gasteiger partial charge in [-0.05, 0) is 36.5 Å². The number of carbonyl (C=O) groups is 1. The van der Waals surface area contributed by atoms with Crippen molar-refractivity contribution in [3.05, 3.63) is 39.8 Å². The van der Waals surface area contributed by atoms with E-state index in [0.717, 1.165) is 17.7 Å². The number of Topliss-reactive ketones (excluding diaryl/α,β-unsaturated/α-hetero) is 1. The first-order valence-corrected chi connectivity index (χ1v) is 7.80. The SMILES string of the molecule is Cn1nccc1CCCC(=O)c1ccc(C(C)(C)C)s1. The quantitative estimate of drug-likeness (QED) is 0.781. The second-order valence-corrected chi connectivity index (χ2v) is 7.22. The van der Waals surface area contributed by atoms with Gasteiger partial charge in [0.15, 0.2) is 5.78 Å². The van der Waals surface area contributed by atoms with Gasteiger partial charge in [-0.2, -0.15) is 5.10 Å². The van der Waals surface area contributed by atoms with Crippen LogP contribution in [0.4, 0.5) is 0 Å². The summed E-state index contributed by atoms with van der Waals surface area (Å²) in [7, 11) is 1.94. The third kappa shape index (κ3) is 3.57. The number of thiophene rings is 1. The number of rotatable bonds is 5. The van der Waals surface area contributed by atoms with Crippen molar-refractivity contribution in [3.8, 4) is 0 Å². The molecule has 4 heteroatoms. The first kappa shape index (κ1) is 15.0. The Kier molecular flexibility index (Phi) is 4.43. The maximum absolute atomic E-state index is 12.2. The minimum absolute atomic E-state index is 0.123. The number of nitrogens with zero attached hydrogens (tertiary/aromatic N) is 2. The van der Waals surface area contributed by atoms with E-state index in [1.807, 2.05) is 23.9 Å². The van der Waals surface area contributed by atoms with Gasteiger partial charge >= 0.3 is 0 Å². The number of hydrogen-bond donors (Lipinski definition) is 0. The highest BCUT2D eigenvalue weighted by Crippen LogP contribution is 2.30. The smallest absolute Gasteiger partial charge is 0.172 e.